The van der Waals surface area contributed by atoms with Gasteiger partial charge in [-0.2, -0.15) is 5.26 Å². The molecular weight excluding hydrogens is 340 g/mol. The molecule has 0 saturated carbocycles. The van der Waals surface area contributed by atoms with Crippen LogP contribution < -0.4 is 5.32 Å². The molecule has 1 aromatic carbocycles. The van der Waals surface area contributed by atoms with Crippen LogP contribution in [0.4, 0.5) is 5.00 Å². The number of carbonyl (C=O) groups excluding carboxylic acids is 1. The Morgan fingerprint density at radius 3 is 2.83 bits per heavy atom. The van der Waals surface area contributed by atoms with Crippen LogP contribution in [0.1, 0.15) is 41.3 Å². The van der Waals surface area contributed by atoms with E-state index in [2.05, 4.69) is 18.3 Å². The number of nitrogens with one attached hydrogen (secondary N) is 1. The van der Waals surface area contributed by atoms with Crippen LogP contribution >= 0.6 is 22.9 Å². The monoisotopic (exact) mass is 358 g/mol. The lowest BCUT2D eigenvalue weighted by Gasteiger charge is -2.20. The van der Waals surface area contributed by atoms with Crippen molar-refractivity contribution in [2.45, 2.75) is 39.0 Å². The Labute approximate surface area is 151 Å². The van der Waals surface area contributed by atoms with E-state index in [0.29, 0.717) is 21.5 Å². The zero-order valence-electron chi connectivity index (χ0n) is 13.6. The number of hydrogen-bond donors (Lipinski definition) is 1. The molecule has 1 atom stereocenters. The lowest BCUT2D eigenvalue weighted by molar-refractivity contribution is -0.115. The smallest absolute Gasteiger partial charge is 0.229 e. The molecule has 2 aromatic rings. The number of anilines is 1. The predicted molar refractivity (Wildman–Crippen MR) is 98.6 cm³/mol. The van der Waals surface area contributed by atoms with E-state index < -0.39 is 0 Å². The molecule has 0 bridgehead atoms. The average molecular weight is 359 g/mol. The van der Waals surface area contributed by atoms with Gasteiger partial charge in [-0.1, -0.05) is 37.1 Å². The summed E-state index contributed by atoms with van der Waals surface area (Å²) in [5.74, 6) is 0.597. The van der Waals surface area contributed by atoms with Crippen molar-refractivity contribution in [1.82, 2.24) is 0 Å². The van der Waals surface area contributed by atoms with Crippen LogP contribution in [0, 0.1) is 17.2 Å². The van der Waals surface area contributed by atoms with Gasteiger partial charge in [0.2, 0.25) is 5.91 Å². The van der Waals surface area contributed by atoms with Gasteiger partial charge in [-0.25, -0.2) is 0 Å². The van der Waals surface area contributed by atoms with Crippen molar-refractivity contribution in [3.8, 4) is 6.07 Å². The number of nitriles is 1. The van der Waals surface area contributed by atoms with E-state index in [1.54, 1.807) is 23.5 Å². The maximum atomic E-state index is 12.3. The number of amides is 1. The number of halogens is 1. The minimum atomic E-state index is -0.0977. The number of thiophene rings is 1. The average Bonchev–Trinajstić information content (AvgIpc) is 2.92. The molecule has 1 unspecified atom stereocenters. The summed E-state index contributed by atoms with van der Waals surface area (Å²) in [4.78, 5) is 13.6. The molecule has 1 aliphatic carbocycles. The Bertz CT molecular complexity index is 789. The molecule has 0 aliphatic heterocycles. The summed E-state index contributed by atoms with van der Waals surface area (Å²) in [5, 5.41) is 13.8. The fourth-order valence-electron chi connectivity index (χ4n) is 3.17. The number of fused-ring (bicyclic) bond motifs is 1. The summed E-state index contributed by atoms with van der Waals surface area (Å²) >= 11 is 7.44. The number of rotatable bonds is 4. The molecular formula is C19H19ClN2OS. The van der Waals surface area contributed by atoms with Crippen LogP contribution in [0.15, 0.2) is 24.3 Å². The van der Waals surface area contributed by atoms with Gasteiger partial charge in [0, 0.05) is 9.90 Å². The van der Waals surface area contributed by atoms with Gasteiger partial charge < -0.3 is 5.32 Å². The van der Waals surface area contributed by atoms with Crippen LogP contribution in [-0.4, -0.2) is 5.91 Å². The molecule has 1 amide bonds. The zero-order chi connectivity index (χ0) is 17.1. The maximum absolute atomic E-state index is 12.3. The van der Waals surface area contributed by atoms with Gasteiger partial charge in [-0.3, -0.25) is 4.79 Å². The van der Waals surface area contributed by atoms with E-state index in [1.165, 1.54) is 4.88 Å². The van der Waals surface area contributed by atoms with E-state index in [0.717, 1.165) is 36.8 Å². The molecule has 124 valence electrons. The van der Waals surface area contributed by atoms with Crippen molar-refractivity contribution >= 4 is 33.8 Å². The molecule has 3 rings (SSSR count). The number of benzene rings is 1. The highest BCUT2D eigenvalue weighted by Gasteiger charge is 2.25. The zero-order valence-corrected chi connectivity index (χ0v) is 15.1. The fraction of sp³-hybridized carbons (Fsp3) is 0.368. The lowest BCUT2D eigenvalue weighted by Crippen LogP contribution is -2.14. The molecule has 3 nitrogen and oxygen atoms in total. The molecule has 0 spiro atoms. The first-order valence-corrected chi connectivity index (χ1v) is 9.39. The highest BCUT2D eigenvalue weighted by molar-refractivity contribution is 7.16. The highest BCUT2D eigenvalue weighted by atomic mass is 35.5. The van der Waals surface area contributed by atoms with Gasteiger partial charge in [0.15, 0.2) is 0 Å². The van der Waals surface area contributed by atoms with Crippen molar-refractivity contribution in [3.63, 3.8) is 0 Å². The lowest BCUT2D eigenvalue weighted by atomic mass is 9.86. The van der Waals surface area contributed by atoms with Crippen LogP contribution in [-0.2, 0) is 24.1 Å². The largest absolute Gasteiger partial charge is 0.316 e. The van der Waals surface area contributed by atoms with Crippen molar-refractivity contribution in [2.24, 2.45) is 5.92 Å². The fourth-order valence-corrected chi connectivity index (χ4v) is 4.62. The summed E-state index contributed by atoms with van der Waals surface area (Å²) in [6, 6.07) is 9.54. The van der Waals surface area contributed by atoms with Gasteiger partial charge in [0.25, 0.3) is 0 Å². The number of hydrogen-bond acceptors (Lipinski definition) is 3. The topological polar surface area (TPSA) is 52.9 Å². The summed E-state index contributed by atoms with van der Waals surface area (Å²) in [6.45, 7) is 2.21. The molecule has 24 heavy (non-hydrogen) atoms. The maximum Gasteiger partial charge on any atom is 0.229 e. The van der Waals surface area contributed by atoms with Gasteiger partial charge in [-0.15, -0.1) is 11.3 Å². The predicted octanol–water partition coefficient (Wildman–Crippen LogP) is 4.97. The van der Waals surface area contributed by atoms with E-state index in [9.17, 15) is 10.1 Å². The molecule has 0 radical (unpaired) electrons. The van der Waals surface area contributed by atoms with Crippen molar-refractivity contribution < 1.29 is 4.79 Å². The van der Waals surface area contributed by atoms with Gasteiger partial charge in [-0.05, 0) is 48.4 Å². The molecule has 1 N–H and O–H groups in total. The normalized spacial score (nSPS) is 16.3. The van der Waals surface area contributed by atoms with Crippen molar-refractivity contribution in [3.05, 3.63) is 50.9 Å². The van der Waals surface area contributed by atoms with Crippen LogP contribution in [0.5, 0.6) is 0 Å². The molecule has 5 heteroatoms. The number of carbonyl (C=O) groups is 1. The van der Waals surface area contributed by atoms with Crippen LogP contribution in [0.3, 0.4) is 0 Å². The van der Waals surface area contributed by atoms with Crippen molar-refractivity contribution in [1.29, 1.82) is 5.26 Å². The second kappa shape index (κ2) is 7.38. The minimum absolute atomic E-state index is 0.0977. The SMILES string of the molecule is CCC1CCc2c(sc(NC(=O)Cc3ccc(Cl)cc3)c2C#N)C1. The molecule has 0 fully saturated rings. The Kier molecular flexibility index (Phi) is 5.23. The minimum Gasteiger partial charge on any atom is -0.316 e. The second-order valence-corrected chi connectivity index (χ2v) is 7.73. The standard InChI is InChI=1S/C19H19ClN2OS/c1-2-12-5-8-15-16(11-21)19(24-17(15)9-12)22-18(23)10-13-3-6-14(20)7-4-13/h3-4,6-7,12H,2,5,8-10H2,1H3,(H,22,23). The molecule has 1 heterocycles. The van der Waals surface area contributed by atoms with E-state index in [4.69, 9.17) is 11.6 Å². The Balaban J connectivity index is 1.75. The van der Waals surface area contributed by atoms with Crippen molar-refractivity contribution in [2.75, 3.05) is 5.32 Å². The van der Waals surface area contributed by atoms with Crippen LogP contribution in [0.2, 0.25) is 5.02 Å². The highest BCUT2D eigenvalue weighted by Crippen LogP contribution is 2.40. The third-order valence-corrected chi connectivity index (χ3v) is 6.01. The first kappa shape index (κ1) is 17.0. The quantitative estimate of drug-likeness (QED) is 0.838. The van der Waals surface area contributed by atoms with E-state index in [-0.39, 0.29) is 12.3 Å². The first-order chi connectivity index (χ1) is 11.6. The molecule has 1 aliphatic rings. The molecule has 0 saturated heterocycles. The summed E-state index contributed by atoms with van der Waals surface area (Å²) < 4.78 is 0. The van der Waals surface area contributed by atoms with Crippen LogP contribution in [0.25, 0.3) is 0 Å². The van der Waals surface area contributed by atoms with E-state index in [1.807, 2.05) is 12.1 Å². The van der Waals surface area contributed by atoms with Gasteiger partial charge >= 0.3 is 0 Å². The third-order valence-electron chi connectivity index (χ3n) is 4.59. The van der Waals surface area contributed by atoms with Gasteiger partial charge in [0.1, 0.15) is 11.1 Å². The summed E-state index contributed by atoms with van der Waals surface area (Å²) in [5.41, 5.74) is 2.71. The second-order valence-electron chi connectivity index (χ2n) is 6.19. The van der Waals surface area contributed by atoms with Gasteiger partial charge in [0.05, 0.1) is 12.0 Å². The first-order valence-electron chi connectivity index (χ1n) is 8.19. The third kappa shape index (κ3) is 3.63. The Morgan fingerprint density at radius 1 is 1.42 bits per heavy atom. The number of nitrogens with zero attached hydrogens (tertiary/aromatic N) is 1. The Hall–Kier alpha value is -1.83. The molecule has 1 aromatic heterocycles. The Morgan fingerprint density at radius 2 is 2.17 bits per heavy atom. The summed E-state index contributed by atoms with van der Waals surface area (Å²) in [6.07, 6.45) is 4.55. The van der Waals surface area contributed by atoms with E-state index >= 15 is 0 Å². The summed E-state index contributed by atoms with van der Waals surface area (Å²) in [7, 11) is 0.